The summed E-state index contributed by atoms with van der Waals surface area (Å²) < 4.78 is 21.2. The SMILES string of the molecule is O=C(NCc1noc(-c2cccs2)n1)OCCF. The summed E-state index contributed by atoms with van der Waals surface area (Å²) in [6.07, 6.45) is -0.713. The fourth-order valence-corrected chi connectivity index (χ4v) is 1.80. The Bertz CT molecular complexity index is 500. The number of rotatable bonds is 5. The number of aromatic nitrogens is 2. The van der Waals surface area contributed by atoms with Crippen LogP contribution in [-0.4, -0.2) is 29.5 Å². The molecule has 8 heteroatoms. The minimum atomic E-state index is -0.713. The Hall–Kier alpha value is -1.96. The molecule has 0 unspecified atom stereocenters. The number of carbonyl (C=O) groups excluding carboxylic acids is 1. The van der Waals surface area contributed by atoms with Gasteiger partial charge in [-0.1, -0.05) is 11.2 Å². The zero-order valence-corrected chi connectivity index (χ0v) is 10.1. The fraction of sp³-hybridized carbons (Fsp3) is 0.300. The third kappa shape index (κ3) is 3.27. The summed E-state index contributed by atoms with van der Waals surface area (Å²) in [5.41, 5.74) is 0. The summed E-state index contributed by atoms with van der Waals surface area (Å²) in [5.74, 6) is 0.731. The molecule has 2 heterocycles. The van der Waals surface area contributed by atoms with Crippen molar-refractivity contribution < 1.29 is 18.4 Å². The van der Waals surface area contributed by atoms with Crippen LogP contribution in [0.5, 0.6) is 0 Å². The first-order valence-electron chi connectivity index (χ1n) is 5.12. The van der Waals surface area contributed by atoms with Gasteiger partial charge in [0.15, 0.2) is 5.82 Å². The van der Waals surface area contributed by atoms with Gasteiger partial charge >= 0.3 is 6.09 Å². The van der Waals surface area contributed by atoms with Gasteiger partial charge in [-0.3, -0.25) is 0 Å². The van der Waals surface area contributed by atoms with Crippen LogP contribution in [-0.2, 0) is 11.3 Å². The zero-order chi connectivity index (χ0) is 12.8. The van der Waals surface area contributed by atoms with E-state index in [2.05, 4.69) is 20.2 Å². The van der Waals surface area contributed by atoms with Gasteiger partial charge in [0.25, 0.3) is 5.89 Å². The second kappa shape index (κ2) is 6.10. The van der Waals surface area contributed by atoms with E-state index in [0.717, 1.165) is 4.88 Å². The summed E-state index contributed by atoms with van der Waals surface area (Å²) in [6.45, 7) is -0.906. The molecule has 0 atom stereocenters. The maximum Gasteiger partial charge on any atom is 0.407 e. The summed E-state index contributed by atoms with van der Waals surface area (Å²) in [6, 6.07) is 3.72. The topological polar surface area (TPSA) is 77.3 Å². The smallest absolute Gasteiger partial charge is 0.407 e. The summed E-state index contributed by atoms with van der Waals surface area (Å²) in [7, 11) is 0. The van der Waals surface area contributed by atoms with Crippen LogP contribution in [0.25, 0.3) is 10.8 Å². The van der Waals surface area contributed by atoms with Crippen molar-refractivity contribution in [3.05, 3.63) is 23.3 Å². The van der Waals surface area contributed by atoms with Gasteiger partial charge in [-0.25, -0.2) is 9.18 Å². The Labute approximate surface area is 106 Å². The number of hydrogen-bond acceptors (Lipinski definition) is 6. The zero-order valence-electron chi connectivity index (χ0n) is 9.26. The molecule has 18 heavy (non-hydrogen) atoms. The number of ether oxygens (including phenoxy) is 1. The minimum absolute atomic E-state index is 0.0694. The van der Waals surface area contributed by atoms with E-state index >= 15 is 0 Å². The van der Waals surface area contributed by atoms with Crippen LogP contribution in [0, 0.1) is 0 Å². The van der Waals surface area contributed by atoms with Crippen LogP contribution in [0.3, 0.4) is 0 Å². The predicted octanol–water partition coefficient (Wildman–Crippen LogP) is 1.99. The first kappa shape index (κ1) is 12.5. The molecular weight excluding hydrogens is 261 g/mol. The standard InChI is InChI=1S/C10H10FN3O3S/c11-3-4-16-10(15)12-6-8-13-9(17-14-8)7-2-1-5-18-7/h1-2,5H,3-4,6H2,(H,12,15). The molecule has 0 spiro atoms. The fourth-order valence-electron chi connectivity index (χ4n) is 1.16. The second-order valence-electron chi connectivity index (χ2n) is 3.17. The Morgan fingerprint density at radius 3 is 3.22 bits per heavy atom. The minimum Gasteiger partial charge on any atom is -0.447 e. The molecule has 96 valence electrons. The normalized spacial score (nSPS) is 10.3. The highest BCUT2D eigenvalue weighted by molar-refractivity contribution is 7.13. The molecule has 1 amide bonds. The van der Waals surface area contributed by atoms with Crippen LogP contribution < -0.4 is 5.32 Å². The van der Waals surface area contributed by atoms with Gasteiger partial charge < -0.3 is 14.6 Å². The van der Waals surface area contributed by atoms with E-state index in [4.69, 9.17) is 4.52 Å². The van der Waals surface area contributed by atoms with E-state index in [1.165, 1.54) is 11.3 Å². The average molecular weight is 271 g/mol. The molecule has 0 radical (unpaired) electrons. The molecule has 0 bridgehead atoms. The molecule has 2 rings (SSSR count). The molecule has 0 saturated carbocycles. The van der Waals surface area contributed by atoms with Gasteiger partial charge in [0.2, 0.25) is 0 Å². The largest absolute Gasteiger partial charge is 0.447 e. The number of thiophene rings is 1. The third-order valence-electron chi connectivity index (χ3n) is 1.90. The molecule has 0 aliphatic rings. The second-order valence-corrected chi connectivity index (χ2v) is 4.12. The van der Waals surface area contributed by atoms with Gasteiger partial charge in [0, 0.05) is 0 Å². The number of carbonyl (C=O) groups is 1. The number of alkyl carbamates (subject to hydrolysis) is 1. The number of nitrogens with zero attached hydrogens (tertiary/aromatic N) is 2. The lowest BCUT2D eigenvalue weighted by Crippen LogP contribution is -2.25. The summed E-state index contributed by atoms with van der Waals surface area (Å²) >= 11 is 1.47. The maximum absolute atomic E-state index is 11.7. The van der Waals surface area contributed by atoms with Crippen molar-refractivity contribution in [2.45, 2.75) is 6.54 Å². The van der Waals surface area contributed by atoms with E-state index in [-0.39, 0.29) is 13.2 Å². The first-order valence-corrected chi connectivity index (χ1v) is 6.00. The maximum atomic E-state index is 11.7. The molecule has 6 nitrogen and oxygen atoms in total. The first-order chi connectivity index (χ1) is 8.79. The average Bonchev–Trinajstić information content (AvgIpc) is 3.03. The van der Waals surface area contributed by atoms with Crippen molar-refractivity contribution in [3.8, 4) is 10.8 Å². The highest BCUT2D eigenvalue weighted by atomic mass is 32.1. The Morgan fingerprint density at radius 1 is 1.61 bits per heavy atom. The van der Waals surface area contributed by atoms with E-state index in [9.17, 15) is 9.18 Å². The van der Waals surface area contributed by atoms with E-state index in [1.807, 2.05) is 17.5 Å². The molecule has 0 aliphatic carbocycles. The van der Waals surface area contributed by atoms with Crippen molar-refractivity contribution in [2.24, 2.45) is 0 Å². The van der Waals surface area contributed by atoms with Crippen molar-refractivity contribution in [2.75, 3.05) is 13.3 Å². The van der Waals surface area contributed by atoms with Gasteiger partial charge in [0.05, 0.1) is 11.4 Å². The molecular formula is C10H10FN3O3S. The van der Waals surface area contributed by atoms with E-state index in [0.29, 0.717) is 11.7 Å². The molecule has 2 aromatic rings. The molecule has 2 aromatic heterocycles. The van der Waals surface area contributed by atoms with E-state index in [1.54, 1.807) is 0 Å². The molecule has 0 fully saturated rings. The summed E-state index contributed by atoms with van der Waals surface area (Å²) in [5, 5.41) is 7.98. The van der Waals surface area contributed by atoms with Crippen LogP contribution in [0.2, 0.25) is 0 Å². The predicted molar refractivity (Wildman–Crippen MR) is 61.8 cm³/mol. The van der Waals surface area contributed by atoms with Gasteiger partial charge in [-0.15, -0.1) is 11.3 Å². The van der Waals surface area contributed by atoms with Crippen LogP contribution >= 0.6 is 11.3 Å². The van der Waals surface area contributed by atoms with Gasteiger partial charge in [-0.05, 0) is 11.4 Å². The lowest BCUT2D eigenvalue weighted by Gasteiger charge is -2.01. The summed E-state index contributed by atoms with van der Waals surface area (Å²) in [4.78, 5) is 16.0. The van der Waals surface area contributed by atoms with Crippen molar-refractivity contribution in [3.63, 3.8) is 0 Å². The molecule has 1 N–H and O–H groups in total. The highest BCUT2D eigenvalue weighted by Crippen LogP contribution is 2.22. The Kier molecular flexibility index (Phi) is 4.24. The lowest BCUT2D eigenvalue weighted by atomic mass is 10.5. The van der Waals surface area contributed by atoms with Crippen molar-refractivity contribution >= 4 is 17.4 Å². The number of alkyl halides is 1. The monoisotopic (exact) mass is 271 g/mol. The van der Waals surface area contributed by atoms with Crippen LogP contribution in [0.15, 0.2) is 22.0 Å². The number of amides is 1. The van der Waals surface area contributed by atoms with Crippen molar-refractivity contribution in [1.29, 1.82) is 0 Å². The molecule has 0 aliphatic heterocycles. The lowest BCUT2D eigenvalue weighted by molar-refractivity contribution is 0.137. The Morgan fingerprint density at radius 2 is 2.50 bits per heavy atom. The van der Waals surface area contributed by atoms with Crippen LogP contribution in [0.4, 0.5) is 9.18 Å². The highest BCUT2D eigenvalue weighted by Gasteiger charge is 2.10. The Balaban J connectivity index is 1.86. The van der Waals surface area contributed by atoms with Crippen molar-refractivity contribution in [1.82, 2.24) is 15.5 Å². The number of halogens is 1. The molecule has 0 saturated heterocycles. The third-order valence-corrected chi connectivity index (χ3v) is 2.76. The number of nitrogens with one attached hydrogen (secondary N) is 1. The number of hydrogen-bond donors (Lipinski definition) is 1. The van der Waals surface area contributed by atoms with Gasteiger partial charge in [-0.2, -0.15) is 4.98 Å². The molecule has 0 aromatic carbocycles. The quantitative estimate of drug-likeness (QED) is 0.899. The van der Waals surface area contributed by atoms with Crippen LogP contribution in [0.1, 0.15) is 5.82 Å². The van der Waals surface area contributed by atoms with Gasteiger partial charge in [0.1, 0.15) is 13.3 Å². The van der Waals surface area contributed by atoms with E-state index < -0.39 is 12.8 Å².